The number of rotatable bonds is 3. The lowest BCUT2D eigenvalue weighted by atomic mass is 10.1. The Labute approximate surface area is 155 Å². The summed E-state index contributed by atoms with van der Waals surface area (Å²) in [5.74, 6) is 0.768. The van der Waals surface area contributed by atoms with Gasteiger partial charge in [0.25, 0.3) is 0 Å². The van der Waals surface area contributed by atoms with E-state index in [2.05, 4.69) is 36.9 Å². The van der Waals surface area contributed by atoms with Crippen molar-refractivity contribution in [3.05, 3.63) is 70.2 Å². The summed E-state index contributed by atoms with van der Waals surface area (Å²) in [6.45, 7) is 2.74. The van der Waals surface area contributed by atoms with Gasteiger partial charge in [0.05, 0.1) is 5.69 Å². The van der Waals surface area contributed by atoms with Crippen LogP contribution in [0.4, 0.5) is 5.69 Å². The molecule has 0 atom stereocenters. The van der Waals surface area contributed by atoms with Crippen LogP contribution in [0.15, 0.2) is 53.4 Å². The number of fused-ring (bicyclic) bond motifs is 1. The normalized spacial score (nSPS) is 14.3. The van der Waals surface area contributed by atoms with Gasteiger partial charge in [-0.1, -0.05) is 0 Å². The van der Waals surface area contributed by atoms with Gasteiger partial charge in [-0.3, -0.25) is 9.88 Å². The molecule has 3 heterocycles. The Kier molecular flexibility index (Phi) is 4.46. The first-order valence-electron chi connectivity index (χ1n) is 8.20. The SMILES string of the molecule is Nc1ccc(-c2ncc3c(n2)CCN(Cc2ccncc2Br)C3)cc1. The second-order valence-corrected chi connectivity index (χ2v) is 7.07. The third-order valence-electron chi connectivity index (χ3n) is 4.43. The van der Waals surface area contributed by atoms with Gasteiger partial charge in [0.1, 0.15) is 0 Å². The summed E-state index contributed by atoms with van der Waals surface area (Å²) in [5.41, 5.74) is 11.1. The van der Waals surface area contributed by atoms with Crippen molar-refractivity contribution in [1.82, 2.24) is 19.9 Å². The zero-order chi connectivity index (χ0) is 17.2. The summed E-state index contributed by atoms with van der Waals surface area (Å²) in [6.07, 6.45) is 6.57. The zero-order valence-electron chi connectivity index (χ0n) is 13.7. The predicted molar refractivity (Wildman–Crippen MR) is 102 cm³/mol. The van der Waals surface area contributed by atoms with Crippen LogP contribution in [0.25, 0.3) is 11.4 Å². The number of nitrogens with two attached hydrogens (primary N) is 1. The van der Waals surface area contributed by atoms with E-state index in [-0.39, 0.29) is 0 Å². The maximum Gasteiger partial charge on any atom is 0.159 e. The monoisotopic (exact) mass is 395 g/mol. The lowest BCUT2D eigenvalue weighted by molar-refractivity contribution is 0.242. The van der Waals surface area contributed by atoms with Gasteiger partial charge in [0, 0.05) is 65.9 Å². The van der Waals surface area contributed by atoms with Crippen LogP contribution in [-0.4, -0.2) is 26.4 Å². The number of hydrogen-bond donors (Lipinski definition) is 1. The quantitative estimate of drug-likeness (QED) is 0.687. The first kappa shape index (κ1) is 16.2. The maximum absolute atomic E-state index is 5.75. The van der Waals surface area contributed by atoms with Crippen LogP contribution in [-0.2, 0) is 19.5 Å². The molecule has 0 amide bonds. The van der Waals surface area contributed by atoms with Crippen molar-refractivity contribution in [1.29, 1.82) is 0 Å². The summed E-state index contributed by atoms with van der Waals surface area (Å²) in [7, 11) is 0. The van der Waals surface area contributed by atoms with E-state index < -0.39 is 0 Å². The third kappa shape index (κ3) is 3.55. The molecule has 1 aliphatic heterocycles. The molecule has 0 saturated carbocycles. The van der Waals surface area contributed by atoms with Crippen molar-refractivity contribution in [2.45, 2.75) is 19.5 Å². The molecule has 0 fully saturated rings. The number of nitrogens with zero attached hydrogens (tertiary/aromatic N) is 4. The van der Waals surface area contributed by atoms with Gasteiger partial charge in [-0.05, 0) is 51.8 Å². The molecular weight excluding hydrogens is 378 g/mol. The molecule has 0 unspecified atom stereocenters. The van der Waals surface area contributed by atoms with E-state index in [4.69, 9.17) is 10.7 Å². The molecule has 3 aromatic rings. The second-order valence-electron chi connectivity index (χ2n) is 6.22. The number of hydrogen-bond acceptors (Lipinski definition) is 5. The molecule has 0 spiro atoms. The number of aromatic nitrogens is 3. The predicted octanol–water partition coefficient (Wildman–Crippen LogP) is 3.44. The van der Waals surface area contributed by atoms with Crippen LogP contribution in [0.1, 0.15) is 16.8 Å². The van der Waals surface area contributed by atoms with Gasteiger partial charge in [-0.15, -0.1) is 0 Å². The van der Waals surface area contributed by atoms with Gasteiger partial charge in [-0.2, -0.15) is 0 Å². The summed E-state index contributed by atoms with van der Waals surface area (Å²) in [6, 6.07) is 9.75. The van der Waals surface area contributed by atoms with Crippen molar-refractivity contribution < 1.29 is 0 Å². The van der Waals surface area contributed by atoms with Crippen LogP contribution < -0.4 is 5.73 Å². The first-order chi connectivity index (χ1) is 12.2. The highest BCUT2D eigenvalue weighted by Gasteiger charge is 2.19. The minimum absolute atomic E-state index is 0.750. The van der Waals surface area contributed by atoms with Crippen molar-refractivity contribution in [2.24, 2.45) is 0 Å². The van der Waals surface area contributed by atoms with Gasteiger partial charge in [-0.25, -0.2) is 9.97 Å². The Bertz CT molecular complexity index is 895. The Morgan fingerprint density at radius 3 is 2.76 bits per heavy atom. The average Bonchev–Trinajstić information content (AvgIpc) is 2.64. The van der Waals surface area contributed by atoms with Crippen LogP contribution in [0.5, 0.6) is 0 Å². The van der Waals surface area contributed by atoms with Crippen LogP contribution in [0.2, 0.25) is 0 Å². The number of nitrogen functional groups attached to an aromatic ring is 1. The first-order valence-corrected chi connectivity index (χ1v) is 9.00. The van der Waals surface area contributed by atoms with E-state index in [1.54, 1.807) is 0 Å². The molecule has 6 heteroatoms. The molecule has 0 aliphatic carbocycles. The molecular formula is C19H18BrN5. The van der Waals surface area contributed by atoms with Gasteiger partial charge < -0.3 is 5.73 Å². The molecule has 4 rings (SSSR count). The fraction of sp³-hybridized carbons (Fsp3) is 0.211. The molecule has 25 heavy (non-hydrogen) atoms. The minimum Gasteiger partial charge on any atom is -0.399 e. The zero-order valence-corrected chi connectivity index (χ0v) is 15.3. The van der Waals surface area contributed by atoms with E-state index >= 15 is 0 Å². The molecule has 0 saturated heterocycles. The largest absolute Gasteiger partial charge is 0.399 e. The molecule has 2 N–H and O–H groups in total. The molecule has 1 aliphatic rings. The highest BCUT2D eigenvalue weighted by molar-refractivity contribution is 9.10. The summed E-state index contributed by atoms with van der Waals surface area (Å²) < 4.78 is 1.05. The summed E-state index contributed by atoms with van der Waals surface area (Å²) >= 11 is 3.57. The van der Waals surface area contributed by atoms with Crippen molar-refractivity contribution in [3.8, 4) is 11.4 Å². The third-order valence-corrected chi connectivity index (χ3v) is 5.15. The number of anilines is 1. The topological polar surface area (TPSA) is 67.9 Å². The Balaban J connectivity index is 1.52. The molecule has 1 aromatic carbocycles. The lowest BCUT2D eigenvalue weighted by Crippen LogP contribution is -2.31. The molecule has 2 aromatic heterocycles. The Hall–Kier alpha value is -2.31. The van der Waals surface area contributed by atoms with Gasteiger partial charge in [0.15, 0.2) is 5.82 Å². The fourth-order valence-corrected chi connectivity index (χ4v) is 3.43. The lowest BCUT2D eigenvalue weighted by Gasteiger charge is -2.28. The molecule has 0 radical (unpaired) electrons. The van der Waals surface area contributed by atoms with Crippen molar-refractivity contribution >= 4 is 21.6 Å². The Morgan fingerprint density at radius 2 is 1.96 bits per heavy atom. The number of benzene rings is 1. The highest BCUT2D eigenvalue weighted by Crippen LogP contribution is 2.24. The summed E-state index contributed by atoms with van der Waals surface area (Å²) in [5, 5.41) is 0. The van der Waals surface area contributed by atoms with Crippen molar-refractivity contribution in [3.63, 3.8) is 0 Å². The minimum atomic E-state index is 0.750. The highest BCUT2D eigenvalue weighted by atomic mass is 79.9. The number of halogens is 1. The molecule has 5 nitrogen and oxygen atoms in total. The van der Waals surface area contributed by atoms with Crippen LogP contribution in [0, 0.1) is 0 Å². The maximum atomic E-state index is 5.75. The fourth-order valence-electron chi connectivity index (χ4n) is 3.05. The van der Waals surface area contributed by atoms with E-state index in [0.717, 1.165) is 53.3 Å². The number of pyridine rings is 1. The van der Waals surface area contributed by atoms with Crippen molar-refractivity contribution in [2.75, 3.05) is 12.3 Å². The van der Waals surface area contributed by atoms with Gasteiger partial charge >= 0.3 is 0 Å². The van der Waals surface area contributed by atoms with E-state index in [1.807, 2.05) is 42.9 Å². The smallest absolute Gasteiger partial charge is 0.159 e. The molecule has 0 bridgehead atoms. The standard InChI is InChI=1S/C19H18BrN5/c20-17-10-22-7-5-14(17)11-25-8-6-18-15(12-25)9-23-19(24-18)13-1-3-16(21)4-2-13/h1-5,7,9-10H,6,8,11-12,21H2. The summed E-state index contributed by atoms with van der Waals surface area (Å²) in [4.78, 5) is 15.9. The van der Waals surface area contributed by atoms with E-state index in [1.165, 1.54) is 11.1 Å². The van der Waals surface area contributed by atoms with Crippen LogP contribution in [0.3, 0.4) is 0 Å². The molecule has 126 valence electrons. The second kappa shape index (κ2) is 6.90. The Morgan fingerprint density at radius 1 is 1.12 bits per heavy atom. The van der Waals surface area contributed by atoms with Crippen LogP contribution >= 0.6 is 15.9 Å². The average molecular weight is 396 g/mol. The van der Waals surface area contributed by atoms with Gasteiger partial charge in [0.2, 0.25) is 0 Å². The van der Waals surface area contributed by atoms with E-state index in [0.29, 0.717) is 0 Å². The van der Waals surface area contributed by atoms with E-state index in [9.17, 15) is 0 Å².